The molecule has 2 atom stereocenters. The van der Waals surface area contributed by atoms with Gasteiger partial charge in [-0.15, -0.1) is 12.4 Å². The number of hydrogen-bond donors (Lipinski definition) is 3. The number of nitrogens with one attached hydrogen (secondary N) is 1. The van der Waals surface area contributed by atoms with Crippen molar-refractivity contribution in [2.75, 3.05) is 13.2 Å². The van der Waals surface area contributed by atoms with E-state index >= 15 is 0 Å². The number of benzene rings is 3. The first-order valence-corrected chi connectivity index (χ1v) is 11.2. The molecule has 3 rings (SSSR count). The van der Waals surface area contributed by atoms with Crippen molar-refractivity contribution in [1.29, 1.82) is 0 Å². The van der Waals surface area contributed by atoms with Crippen molar-refractivity contribution in [1.82, 2.24) is 5.32 Å². The number of aliphatic hydroxyl groups is 1. The number of aromatic carboxylic acids is 1. The Hall–Kier alpha value is -3.07. The van der Waals surface area contributed by atoms with E-state index < -0.39 is 31.3 Å². The SMILES string of the molecule is C[C@H](Cc1ccc(-c2ccc(C(=O)O)c(OCCC(F)(F)F)c2)cc1)NC[C@H](O)c1ccccc1.Cl. The molecule has 0 aromatic heterocycles. The van der Waals surface area contributed by atoms with Crippen LogP contribution in [0, 0.1) is 0 Å². The smallest absolute Gasteiger partial charge is 0.392 e. The van der Waals surface area contributed by atoms with E-state index in [1.165, 1.54) is 12.1 Å². The predicted octanol–water partition coefficient (Wildman–Crippen LogP) is 6.06. The summed E-state index contributed by atoms with van der Waals surface area (Å²) in [7, 11) is 0. The molecule has 0 amide bonds. The fourth-order valence-electron chi connectivity index (χ4n) is 3.64. The number of rotatable bonds is 11. The Morgan fingerprint density at radius 2 is 1.64 bits per heavy atom. The van der Waals surface area contributed by atoms with Crippen molar-refractivity contribution in [3.8, 4) is 16.9 Å². The summed E-state index contributed by atoms with van der Waals surface area (Å²) in [6.45, 7) is 1.80. The Kier molecular flexibility index (Phi) is 10.8. The van der Waals surface area contributed by atoms with Gasteiger partial charge in [-0.1, -0.05) is 60.7 Å². The Morgan fingerprint density at radius 1 is 1.00 bits per heavy atom. The Labute approximate surface area is 214 Å². The molecule has 0 saturated heterocycles. The van der Waals surface area contributed by atoms with Crippen molar-refractivity contribution in [2.45, 2.75) is 38.1 Å². The minimum atomic E-state index is -4.39. The average molecular weight is 524 g/mol. The first kappa shape index (κ1) is 29.2. The van der Waals surface area contributed by atoms with Crippen molar-refractivity contribution in [3.05, 3.63) is 89.5 Å². The second-order valence-electron chi connectivity index (χ2n) is 8.37. The topological polar surface area (TPSA) is 78.8 Å². The van der Waals surface area contributed by atoms with Crippen LogP contribution in [0.1, 0.15) is 40.9 Å². The highest BCUT2D eigenvalue weighted by molar-refractivity contribution is 5.92. The van der Waals surface area contributed by atoms with Crippen LogP contribution in [-0.2, 0) is 6.42 Å². The molecule has 0 heterocycles. The molecule has 36 heavy (non-hydrogen) atoms. The highest BCUT2D eigenvalue weighted by Crippen LogP contribution is 2.29. The van der Waals surface area contributed by atoms with Crippen molar-refractivity contribution < 1.29 is 32.9 Å². The Bertz CT molecular complexity index is 1110. The van der Waals surface area contributed by atoms with Gasteiger partial charge in [0.15, 0.2) is 0 Å². The van der Waals surface area contributed by atoms with Crippen LogP contribution in [0.5, 0.6) is 5.75 Å². The normalized spacial score (nSPS) is 12.9. The van der Waals surface area contributed by atoms with Gasteiger partial charge in [-0.3, -0.25) is 0 Å². The third-order valence-electron chi connectivity index (χ3n) is 5.53. The lowest BCUT2D eigenvalue weighted by atomic mass is 9.99. The van der Waals surface area contributed by atoms with Gasteiger partial charge in [-0.05, 0) is 47.7 Å². The standard InChI is InChI=1S/C27H28F3NO4.ClH/c1-18(31-17-24(32)21-5-3-2-4-6-21)15-19-7-9-20(10-8-19)22-11-12-23(26(33)34)25(16-22)35-14-13-27(28,29)30;/h2-12,16,18,24,31-32H,13-15,17H2,1H3,(H,33,34);1H/t18-,24+;/m1./s1. The van der Waals surface area contributed by atoms with Gasteiger partial charge in [0.2, 0.25) is 0 Å². The summed E-state index contributed by atoms with van der Waals surface area (Å²) in [6.07, 6.45) is -5.42. The number of carboxylic acids is 1. The molecule has 0 unspecified atom stereocenters. The van der Waals surface area contributed by atoms with Gasteiger partial charge >= 0.3 is 12.1 Å². The molecule has 0 spiro atoms. The van der Waals surface area contributed by atoms with Crippen molar-refractivity contribution in [3.63, 3.8) is 0 Å². The maximum absolute atomic E-state index is 12.4. The molecule has 0 radical (unpaired) electrons. The van der Waals surface area contributed by atoms with Gasteiger partial charge in [0.1, 0.15) is 11.3 Å². The van der Waals surface area contributed by atoms with Crippen LogP contribution in [-0.4, -0.2) is 41.6 Å². The number of aliphatic hydroxyl groups excluding tert-OH is 1. The summed E-state index contributed by atoms with van der Waals surface area (Å²) >= 11 is 0. The van der Waals surface area contributed by atoms with Gasteiger partial charge < -0.3 is 20.3 Å². The second-order valence-corrected chi connectivity index (χ2v) is 8.37. The molecule has 3 aromatic carbocycles. The zero-order valence-corrected chi connectivity index (χ0v) is 20.5. The largest absolute Gasteiger partial charge is 0.492 e. The van der Waals surface area contributed by atoms with E-state index in [1.54, 1.807) is 6.07 Å². The van der Waals surface area contributed by atoms with Crippen LogP contribution in [0.2, 0.25) is 0 Å². The van der Waals surface area contributed by atoms with E-state index in [0.717, 1.165) is 23.1 Å². The van der Waals surface area contributed by atoms with Gasteiger partial charge in [0.25, 0.3) is 0 Å². The third kappa shape index (κ3) is 8.86. The van der Waals surface area contributed by atoms with Crippen LogP contribution in [0.3, 0.4) is 0 Å². The van der Waals surface area contributed by atoms with Crippen LogP contribution in [0.4, 0.5) is 13.2 Å². The minimum Gasteiger partial charge on any atom is -0.492 e. The van der Waals surface area contributed by atoms with E-state index in [-0.39, 0.29) is 29.8 Å². The van der Waals surface area contributed by atoms with Crippen molar-refractivity contribution >= 4 is 18.4 Å². The molecular weight excluding hydrogens is 495 g/mol. The summed E-state index contributed by atoms with van der Waals surface area (Å²) < 4.78 is 42.5. The quantitative estimate of drug-likeness (QED) is 0.285. The highest BCUT2D eigenvalue weighted by atomic mass is 35.5. The highest BCUT2D eigenvalue weighted by Gasteiger charge is 2.27. The lowest BCUT2D eigenvalue weighted by Crippen LogP contribution is -2.32. The molecular formula is C27H29ClF3NO4. The Morgan fingerprint density at radius 3 is 2.25 bits per heavy atom. The third-order valence-corrected chi connectivity index (χ3v) is 5.53. The molecule has 0 aliphatic heterocycles. The number of hydrogen-bond acceptors (Lipinski definition) is 4. The second kappa shape index (κ2) is 13.3. The molecule has 0 bridgehead atoms. The maximum atomic E-state index is 12.4. The molecule has 3 aromatic rings. The lowest BCUT2D eigenvalue weighted by Gasteiger charge is -2.18. The van der Waals surface area contributed by atoms with E-state index in [0.29, 0.717) is 12.1 Å². The van der Waals surface area contributed by atoms with E-state index in [1.807, 2.05) is 61.5 Å². The number of carbonyl (C=O) groups is 1. The molecule has 5 nitrogen and oxygen atoms in total. The van der Waals surface area contributed by atoms with Crippen LogP contribution in [0.15, 0.2) is 72.8 Å². The molecule has 0 fully saturated rings. The first-order chi connectivity index (χ1) is 16.6. The van der Waals surface area contributed by atoms with Crippen LogP contribution < -0.4 is 10.1 Å². The van der Waals surface area contributed by atoms with E-state index in [9.17, 15) is 28.2 Å². The maximum Gasteiger partial charge on any atom is 0.392 e. The zero-order valence-electron chi connectivity index (χ0n) is 19.7. The summed E-state index contributed by atoms with van der Waals surface area (Å²) in [5.74, 6) is -1.37. The molecule has 0 saturated carbocycles. The van der Waals surface area contributed by atoms with Gasteiger partial charge in [-0.25, -0.2) is 4.79 Å². The molecule has 0 aliphatic rings. The summed E-state index contributed by atoms with van der Waals surface area (Å²) in [4.78, 5) is 11.4. The van der Waals surface area contributed by atoms with Gasteiger partial charge in [-0.2, -0.15) is 13.2 Å². The van der Waals surface area contributed by atoms with E-state index in [2.05, 4.69) is 5.32 Å². The van der Waals surface area contributed by atoms with Crippen LogP contribution >= 0.6 is 12.4 Å². The fourth-order valence-corrected chi connectivity index (χ4v) is 3.64. The molecule has 3 N–H and O–H groups in total. The van der Waals surface area contributed by atoms with Crippen molar-refractivity contribution in [2.24, 2.45) is 0 Å². The summed E-state index contributed by atoms with van der Waals surface area (Å²) in [5, 5.41) is 23.0. The zero-order chi connectivity index (χ0) is 25.4. The number of alkyl halides is 3. The first-order valence-electron chi connectivity index (χ1n) is 11.2. The fraction of sp³-hybridized carbons (Fsp3) is 0.296. The van der Waals surface area contributed by atoms with Gasteiger partial charge in [0.05, 0.1) is 19.1 Å². The van der Waals surface area contributed by atoms with Gasteiger partial charge in [0, 0.05) is 12.6 Å². The lowest BCUT2D eigenvalue weighted by molar-refractivity contribution is -0.139. The summed E-state index contributed by atoms with van der Waals surface area (Å²) in [6, 6.07) is 21.6. The monoisotopic (exact) mass is 523 g/mol. The summed E-state index contributed by atoms with van der Waals surface area (Å²) in [5.41, 5.74) is 3.15. The van der Waals surface area contributed by atoms with E-state index in [4.69, 9.17) is 4.74 Å². The predicted molar refractivity (Wildman–Crippen MR) is 135 cm³/mol. The molecule has 194 valence electrons. The number of carboxylic acid groups (broad SMARTS) is 1. The molecule has 9 heteroatoms. The molecule has 0 aliphatic carbocycles. The Balaban J connectivity index is 0.00000456. The minimum absolute atomic E-state index is 0. The number of ether oxygens (including phenoxy) is 1. The van der Waals surface area contributed by atoms with Crippen LogP contribution in [0.25, 0.3) is 11.1 Å². The average Bonchev–Trinajstić information content (AvgIpc) is 2.82. The number of halogens is 4.